The van der Waals surface area contributed by atoms with Crippen molar-refractivity contribution >= 4 is 22.5 Å². The summed E-state index contributed by atoms with van der Waals surface area (Å²) in [5.74, 6) is 0.00535. The zero-order valence-corrected chi connectivity index (χ0v) is 14.3. The monoisotopic (exact) mass is 350 g/mol. The van der Waals surface area contributed by atoms with Crippen LogP contribution in [0, 0.1) is 25.5 Å². The zero-order valence-electron chi connectivity index (χ0n) is 14.3. The molecule has 0 aliphatic rings. The predicted octanol–water partition coefficient (Wildman–Crippen LogP) is 5.06. The molecular weight excluding hydrogens is 334 g/mol. The Morgan fingerprint density at radius 3 is 2.38 bits per heavy atom. The number of rotatable bonds is 3. The lowest BCUT2D eigenvalue weighted by Gasteiger charge is -2.10. The Hall–Kier alpha value is -3.28. The van der Waals surface area contributed by atoms with Gasteiger partial charge in [0.05, 0.1) is 11.0 Å². The highest BCUT2D eigenvalue weighted by atomic mass is 19.2. The second-order valence-corrected chi connectivity index (χ2v) is 6.12. The fourth-order valence-corrected chi connectivity index (χ4v) is 2.88. The van der Waals surface area contributed by atoms with Crippen LogP contribution in [0.3, 0.4) is 0 Å². The summed E-state index contributed by atoms with van der Waals surface area (Å²) in [6.07, 6.45) is 0. The highest BCUT2D eigenvalue weighted by Crippen LogP contribution is 2.24. The molecule has 130 valence electrons. The van der Waals surface area contributed by atoms with Gasteiger partial charge in [-0.3, -0.25) is 4.57 Å². The predicted molar refractivity (Wildman–Crippen MR) is 98.0 cm³/mol. The van der Waals surface area contributed by atoms with Gasteiger partial charge in [-0.2, -0.15) is 0 Å². The SMILES string of the molecule is Cc1ccc(Nc2cccc(-n3c(C)nc4cc(F)c(F)cc43)n2)cc1. The number of hydrogen-bond donors (Lipinski definition) is 1. The summed E-state index contributed by atoms with van der Waals surface area (Å²) in [7, 11) is 0. The molecule has 2 aromatic heterocycles. The van der Waals surface area contributed by atoms with Gasteiger partial charge >= 0.3 is 0 Å². The van der Waals surface area contributed by atoms with Crippen molar-refractivity contribution in [3.63, 3.8) is 0 Å². The smallest absolute Gasteiger partial charge is 0.161 e. The van der Waals surface area contributed by atoms with Gasteiger partial charge < -0.3 is 5.32 Å². The molecule has 2 aromatic carbocycles. The third-order valence-electron chi connectivity index (χ3n) is 4.15. The number of anilines is 2. The summed E-state index contributed by atoms with van der Waals surface area (Å²) in [4.78, 5) is 8.90. The van der Waals surface area contributed by atoms with Crippen LogP contribution in [0.1, 0.15) is 11.4 Å². The molecular formula is C20H16F2N4. The lowest BCUT2D eigenvalue weighted by atomic mass is 10.2. The number of aromatic nitrogens is 3. The van der Waals surface area contributed by atoms with Gasteiger partial charge in [0.2, 0.25) is 0 Å². The molecule has 26 heavy (non-hydrogen) atoms. The Morgan fingerprint density at radius 2 is 1.62 bits per heavy atom. The number of nitrogens with one attached hydrogen (secondary N) is 1. The topological polar surface area (TPSA) is 42.7 Å². The van der Waals surface area contributed by atoms with Crippen LogP contribution in [0.25, 0.3) is 16.9 Å². The second-order valence-electron chi connectivity index (χ2n) is 6.12. The summed E-state index contributed by atoms with van der Waals surface area (Å²) in [6.45, 7) is 3.80. The van der Waals surface area contributed by atoms with Crippen LogP contribution in [0.4, 0.5) is 20.3 Å². The number of pyridine rings is 1. The minimum Gasteiger partial charge on any atom is -0.340 e. The molecule has 2 heterocycles. The average molecular weight is 350 g/mol. The molecule has 1 N–H and O–H groups in total. The molecule has 0 saturated carbocycles. The molecule has 0 aliphatic carbocycles. The van der Waals surface area contributed by atoms with Crippen molar-refractivity contribution in [2.75, 3.05) is 5.32 Å². The Bertz CT molecular complexity index is 1100. The normalized spacial score (nSPS) is 11.1. The van der Waals surface area contributed by atoms with Crippen LogP contribution in [-0.2, 0) is 0 Å². The quantitative estimate of drug-likeness (QED) is 0.562. The van der Waals surface area contributed by atoms with E-state index in [0.717, 1.165) is 17.8 Å². The maximum Gasteiger partial charge on any atom is 0.161 e. The zero-order chi connectivity index (χ0) is 18.3. The van der Waals surface area contributed by atoms with Crippen LogP contribution in [0.5, 0.6) is 0 Å². The molecule has 4 aromatic rings. The first kappa shape index (κ1) is 16.2. The van der Waals surface area contributed by atoms with Crippen LogP contribution in [-0.4, -0.2) is 14.5 Å². The Balaban J connectivity index is 1.77. The molecule has 4 rings (SSSR count). The van der Waals surface area contributed by atoms with E-state index in [1.807, 2.05) is 43.3 Å². The second kappa shape index (κ2) is 6.22. The van der Waals surface area contributed by atoms with Gasteiger partial charge in [-0.05, 0) is 38.1 Å². The number of nitrogens with zero attached hydrogens (tertiary/aromatic N) is 3. The maximum atomic E-state index is 13.7. The largest absolute Gasteiger partial charge is 0.340 e. The van der Waals surface area contributed by atoms with Gasteiger partial charge in [-0.15, -0.1) is 0 Å². The van der Waals surface area contributed by atoms with E-state index in [1.54, 1.807) is 17.6 Å². The van der Waals surface area contributed by atoms with Crippen LogP contribution < -0.4 is 5.32 Å². The first-order valence-corrected chi connectivity index (χ1v) is 8.16. The van der Waals surface area contributed by atoms with Crippen molar-refractivity contribution in [1.82, 2.24) is 14.5 Å². The number of fused-ring (bicyclic) bond motifs is 1. The lowest BCUT2D eigenvalue weighted by molar-refractivity contribution is 0.510. The van der Waals surface area contributed by atoms with Crippen molar-refractivity contribution < 1.29 is 8.78 Å². The van der Waals surface area contributed by atoms with Gasteiger partial charge in [-0.1, -0.05) is 23.8 Å². The first-order chi connectivity index (χ1) is 12.5. The third kappa shape index (κ3) is 2.90. The number of imidazole rings is 1. The lowest BCUT2D eigenvalue weighted by Crippen LogP contribution is -2.02. The fourth-order valence-electron chi connectivity index (χ4n) is 2.88. The van der Waals surface area contributed by atoms with Gasteiger partial charge in [0.25, 0.3) is 0 Å². The Morgan fingerprint density at radius 1 is 0.885 bits per heavy atom. The molecule has 0 unspecified atom stereocenters. The first-order valence-electron chi connectivity index (χ1n) is 8.16. The van der Waals surface area contributed by atoms with Crippen molar-refractivity contribution in [3.8, 4) is 5.82 Å². The van der Waals surface area contributed by atoms with Crippen molar-refractivity contribution in [2.45, 2.75) is 13.8 Å². The van der Waals surface area contributed by atoms with E-state index in [0.29, 0.717) is 28.5 Å². The number of hydrogen-bond acceptors (Lipinski definition) is 3. The number of benzene rings is 2. The van der Waals surface area contributed by atoms with Crippen LogP contribution in [0.2, 0.25) is 0 Å². The molecule has 0 amide bonds. The van der Waals surface area contributed by atoms with Crippen molar-refractivity contribution in [3.05, 3.63) is 77.6 Å². The highest BCUT2D eigenvalue weighted by molar-refractivity contribution is 5.78. The minimum absolute atomic E-state index is 0.389. The van der Waals surface area contributed by atoms with Gasteiger partial charge in [0.15, 0.2) is 11.6 Å². The van der Waals surface area contributed by atoms with E-state index in [4.69, 9.17) is 0 Å². The molecule has 0 radical (unpaired) electrons. The average Bonchev–Trinajstić information content (AvgIpc) is 2.92. The summed E-state index contributed by atoms with van der Waals surface area (Å²) in [6, 6.07) is 15.7. The standard InChI is InChI=1S/C20H16F2N4/c1-12-6-8-14(9-7-12)24-19-4-3-5-20(25-19)26-13(2)23-17-10-15(21)16(22)11-18(17)26/h3-11H,1-2H3,(H,24,25). The molecule has 0 saturated heterocycles. The number of aryl methyl sites for hydroxylation is 2. The Kier molecular flexibility index (Phi) is 3.88. The van der Waals surface area contributed by atoms with E-state index >= 15 is 0 Å². The highest BCUT2D eigenvalue weighted by Gasteiger charge is 2.14. The maximum absolute atomic E-state index is 13.7. The number of halogens is 2. The third-order valence-corrected chi connectivity index (χ3v) is 4.15. The van der Waals surface area contributed by atoms with E-state index in [-0.39, 0.29) is 0 Å². The van der Waals surface area contributed by atoms with E-state index in [9.17, 15) is 8.78 Å². The molecule has 0 spiro atoms. The molecule has 4 nitrogen and oxygen atoms in total. The van der Waals surface area contributed by atoms with Crippen molar-refractivity contribution in [1.29, 1.82) is 0 Å². The summed E-state index contributed by atoms with van der Waals surface area (Å²) in [5, 5.41) is 3.24. The molecule has 6 heteroatoms. The molecule has 0 fully saturated rings. The van der Waals surface area contributed by atoms with Gasteiger partial charge in [0, 0.05) is 17.8 Å². The van der Waals surface area contributed by atoms with E-state index in [1.165, 1.54) is 5.56 Å². The molecule has 0 aliphatic heterocycles. The molecule has 0 atom stereocenters. The summed E-state index contributed by atoms with van der Waals surface area (Å²) < 4.78 is 28.9. The van der Waals surface area contributed by atoms with Crippen LogP contribution in [0.15, 0.2) is 54.6 Å². The van der Waals surface area contributed by atoms with Crippen molar-refractivity contribution in [2.24, 2.45) is 0 Å². The fraction of sp³-hybridized carbons (Fsp3) is 0.100. The van der Waals surface area contributed by atoms with Crippen LogP contribution >= 0.6 is 0 Å². The summed E-state index contributed by atoms with van der Waals surface area (Å²) in [5.41, 5.74) is 2.95. The van der Waals surface area contributed by atoms with Gasteiger partial charge in [0.1, 0.15) is 17.5 Å². The van der Waals surface area contributed by atoms with E-state index in [2.05, 4.69) is 15.3 Å². The van der Waals surface area contributed by atoms with Gasteiger partial charge in [-0.25, -0.2) is 18.7 Å². The summed E-state index contributed by atoms with van der Waals surface area (Å²) >= 11 is 0. The molecule has 0 bridgehead atoms. The Labute approximate surface area is 149 Å². The minimum atomic E-state index is -0.912. The van der Waals surface area contributed by atoms with E-state index < -0.39 is 11.6 Å².